The molecule has 1 unspecified atom stereocenters. The molecule has 1 heterocycles. The number of ether oxygens (including phenoxy) is 2. The number of hydrogen-bond acceptors (Lipinski definition) is 3. The Morgan fingerprint density at radius 1 is 1.40 bits per heavy atom. The summed E-state index contributed by atoms with van der Waals surface area (Å²) >= 11 is 0. The third-order valence-corrected chi connectivity index (χ3v) is 3.07. The fourth-order valence-corrected chi connectivity index (χ4v) is 2.41. The predicted molar refractivity (Wildman–Crippen MR) is 59.9 cm³/mol. The number of rotatable bonds is 5. The molecule has 0 saturated carbocycles. The summed E-state index contributed by atoms with van der Waals surface area (Å²) in [6, 6.07) is 0. The van der Waals surface area contributed by atoms with Crippen LogP contribution in [0.1, 0.15) is 39.5 Å². The van der Waals surface area contributed by atoms with Crippen molar-refractivity contribution in [1.82, 2.24) is 0 Å². The third kappa shape index (κ3) is 3.74. The summed E-state index contributed by atoms with van der Waals surface area (Å²) in [5, 5.41) is 9.31. The van der Waals surface area contributed by atoms with Crippen molar-refractivity contribution in [2.24, 2.45) is 5.41 Å². The normalized spacial score (nSPS) is 28.0. The Morgan fingerprint density at radius 3 is 2.60 bits per heavy atom. The van der Waals surface area contributed by atoms with Crippen molar-refractivity contribution in [1.29, 1.82) is 0 Å². The van der Waals surface area contributed by atoms with Gasteiger partial charge in [-0.2, -0.15) is 0 Å². The highest BCUT2D eigenvalue weighted by molar-refractivity contribution is 4.89. The smallest absolute Gasteiger partial charge is 0.0920 e. The van der Waals surface area contributed by atoms with E-state index in [1.807, 2.05) is 0 Å². The average molecular weight is 216 g/mol. The van der Waals surface area contributed by atoms with Crippen LogP contribution in [-0.4, -0.2) is 37.6 Å². The van der Waals surface area contributed by atoms with Gasteiger partial charge in [-0.3, -0.25) is 0 Å². The molecule has 3 nitrogen and oxygen atoms in total. The maximum atomic E-state index is 9.31. The molecule has 1 aliphatic heterocycles. The molecule has 90 valence electrons. The minimum absolute atomic E-state index is 0.0874. The Morgan fingerprint density at radius 2 is 2.13 bits per heavy atom. The zero-order valence-electron chi connectivity index (χ0n) is 10.2. The van der Waals surface area contributed by atoms with Crippen molar-refractivity contribution in [3.05, 3.63) is 0 Å². The van der Waals surface area contributed by atoms with Gasteiger partial charge in [-0.15, -0.1) is 0 Å². The summed E-state index contributed by atoms with van der Waals surface area (Å²) in [4.78, 5) is 0. The molecule has 1 aliphatic rings. The van der Waals surface area contributed by atoms with Crippen molar-refractivity contribution in [3.8, 4) is 0 Å². The molecule has 0 aliphatic carbocycles. The zero-order valence-corrected chi connectivity index (χ0v) is 10.2. The van der Waals surface area contributed by atoms with Gasteiger partial charge in [0.25, 0.3) is 0 Å². The van der Waals surface area contributed by atoms with E-state index in [1.165, 1.54) is 6.42 Å². The van der Waals surface area contributed by atoms with Crippen LogP contribution in [0.3, 0.4) is 0 Å². The summed E-state index contributed by atoms with van der Waals surface area (Å²) in [7, 11) is 1.71. The first-order valence-corrected chi connectivity index (χ1v) is 5.77. The molecule has 0 radical (unpaired) electrons. The molecular formula is C12H24O3. The molecule has 3 heteroatoms. The Bertz CT molecular complexity index is 178. The third-order valence-electron chi connectivity index (χ3n) is 3.07. The fourth-order valence-electron chi connectivity index (χ4n) is 2.41. The molecule has 0 aromatic rings. The van der Waals surface area contributed by atoms with Crippen LogP contribution in [0.15, 0.2) is 0 Å². The standard InChI is InChI=1S/C12H24O3/c1-11(2,9-13)8-12(10-14-3)6-4-5-7-15-12/h13H,4-10H2,1-3H3. The van der Waals surface area contributed by atoms with Crippen LogP contribution < -0.4 is 0 Å². The lowest BCUT2D eigenvalue weighted by Gasteiger charge is -2.41. The topological polar surface area (TPSA) is 38.7 Å². The minimum atomic E-state index is -0.167. The van der Waals surface area contributed by atoms with Crippen molar-refractivity contribution in [3.63, 3.8) is 0 Å². The number of aliphatic hydroxyl groups excluding tert-OH is 1. The molecule has 1 rings (SSSR count). The van der Waals surface area contributed by atoms with E-state index < -0.39 is 0 Å². The molecule has 1 fully saturated rings. The van der Waals surface area contributed by atoms with Gasteiger partial charge in [-0.05, 0) is 31.1 Å². The first-order chi connectivity index (χ1) is 7.04. The van der Waals surface area contributed by atoms with E-state index >= 15 is 0 Å². The van der Waals surface area contributed by atoms with Crippen LogP contribution in [-0.2, 0) is 9.47 Å². The van der Waals surface area contributed by atoms with Gasteiger partial charge in [-0.25, -0.2) is 0 Å². The fraction of sp³-hybridized carbons (Fsp3) is 1.00. The lowest BCUT2D eigenvalue weighted by Crippen LogP contribution is -2.45. The van der Waals surface area contributed by atoms with E-state index in [1.54, 1.807) is 7.11 Å². The van der Waals surface area contributed by atoms with Crippen LogP contribution in [0.4, 0.5) is 0 Å². The van der Waals surface area contributed by atoms with E-state index in [9.17, 15) is 5.11 Å². The predicted octanol–water partition coefficient (Wildman–Crippen LogP) is 1.98. The number of aliphatic hydroxyl groups is 1. The maximum Gasteiger partial charge on any atom is 0.0920 e. The molecule has 0 amide bonds. The molecule has 0 spiro atoms. The molecule has 0 aromatic heterocycles. The first-order valence-electron chi connectivity index (χ1n) is 5.77. The van der Waals surface area contributed by atoms with E-state index in [0.29, 0.717) is 6.61 Å². The van der Waals surface area contributed by atoms with Gasteiger partial charge in [0.2, 0.25) is 0 Å². The SMILES string of the molecule is COCC1(CC(C)(C)CO)CCCCO1. The molecule has 1 saturated heterocycles. The highest BCUT2D eigenvalue weighted by Gasteiger charge is 2.38. The van der Waals surface area contributed by atoms with E-state index in [-0.39, 0.29) is 17.6 Å². The Hall–Kier alpha value is -0.120. The highest BCUT2D eigenvalue weighted by Crippen LogP contribution is 2.36. The lowest BCUT2D eigenvalue weighted by atomic mass is 9.78. The van der Waals surface area contributed by atoms with Crippen molar-refractivity contribution >= 4 is 0 Å². The van der Waals surface area contributed by atoms with Gasteiger partial charge in [0, 0.05) is 20.3 Å². The van der Waals surface area contributed by atoms with Gasteiger partial charge in [0.05, 0.1) is 12.2 Å². The molecule has 1 atom stereocenters. The van der Waals surface area contributed by atoms with Crippen LogP contribution in [0.2, 0.25) is 0 Å². The largest absolute Gasteiger partial charge is 0.396 e. The van der Waals surface area contributed by atoms with Gasteiger partial charge >= 0.3 is 0 Å². The van der Waals surface area contributed by atoms with Gasteiger partial charge in [0.1, 0.15) is 0 Å². The Balaban J connectivity index is 2.63. The minimum Gasteiger partial charge on any atom is -0.396 e. The maximum absolute atomic E-state index is 9.31. The summed E-state index contributed by atoms with van der Waals surface area (Å²) < 4.78 is 11.2. The highest BCUT2D eigenvalue weighted by atomic mass is 16.5. The number of hydrogen-bond donors (Lipinski definition) is 1. The van der Waals surface area contributed by atoms with Gasteiger partial charge < -0.3 is 14.6 Å². The number of methoxy groups -OCH3 is 1. The van der Waals surface area contributed by atoms with Crippen molar-refractivity contribution in [2.75, 3.05) is 26.9 Å². The Kier molecular flexibility index (Phi) is 4.56. The van der Waals surface area contributed by atoms with Crippen LogP contribution in [0.5, 0.6) is 0 Å². The molecule has 1 N–H and O–H groups in total. The second-order valence-electron chi connectivity index (χ2n) is 5.42. The molecular weight excluding hydrogens is 192 g/mol. The quantitative estimate of drug-likeness (QED) is 0.763. The van der Waals surface area contributed by atoms with E-state index in [0.717, 1.165) is 25.9 Å². The van der Waals surface area contributed by atoms with Gasteiger partial charge in [0.15, 0.2) is 0 Å². The van der Waals surface area contributed by atoms with E-state index in [4.69, 9.17) is 9.47 Å². The van der Waals surface area contributed by atoms with Gasteiger partial charge in [-0.1, -0.05) is 13.8 Å². The first kappa shape index (κ1) is 12.9. The van der Waals surface area contributed by atoms with E-state index in [2.05, 4.69) is 13.8 Å². The zero-order chi connectivity index (χ0) is 11.4. The monoisotopic (exact) mass is 216 g/mol. The second kappa shape index (κ2) is 5.28. The van der Waals surface area contributed by atoms with Crippen LogP contribution >= 0.6 is 0 Å². The van der Waals surface area contributed by atoms with Crippen LogP contribution in [0.25, 0.3) is 0 Å². The molecule has 15 heavy (non-hydrogen) atoms. The summed E-state index contributed by atoms with van der Waals surface area (Å²) in [5.41, 5.74) is -0.255. The second-order valence-corrected chi connectivity index (χ2v) is 5.42. The molecule has 0 aromatic carbocycles. The lowest BCUT2D eigenvalue weighted by molar-refractivity contribution is -0.138. The van der Waals surface area contributed by atoms with Crippen molar-refractivity contribution < 1.29 is 14.6 Å². The summed E-state index contributed by atoms with van der Waals surface area (Å²) in [5.74, 6) is 0. The Labute approximate surface area is 92.8 Å². The summed E-state index contributed by atoms with van der Waals surface area (Å²) in [6.45, 7) is 5.80. The van der Waals surface area contributed by atoms with Crippen molar-refractivity contribution in [2.45, 2.75) is 45.1 Å². The summed E-state index contributed by atoms with van der Waals surface area (Å²) in [6.07, 6.45) is 4.25. The van der Waals surface area contributed by atoms with Crippen LogP contribution in [0, 0.1) is 5.41 Å². The average Bonchev–Trinajstić information content (AvgIpc) is 2.18. The molecule has 0 bridgehead atoms.